The fourth-order valence-electron chi connectivity index (χ4n) is 2.36. The summed E-state index contributed by atoms with van der Waals surface area (Å²) in [4.78, 5) is 2.11. The molecule has 20 heavy (non-hydrogen) atoms. The zero-order valence-electron chi connectivity index (χ0n) is 11.6. The first-order valence-electron chi connectivity index (χ1n) is 6.61. The van der Waals surface area contributed by atoms with E-state index in [1.807, 2.05) is 18.2 Å². The third-order valence-electron chi connectivity index (χ3n) is 3.40. The first-order valence-corrected chi connectivity index (χ1v) is 7.42. The maximum atomic E-state index is 10.2. The summed E-state index contributed by atoms with van der Waals surface area (Å²) in [6.07, 6.45) is 0. The van der Waals surface area contributed by atoms with Crippen LogP contribution in [0.4, 0.5) is 0 Å². The standard InChI is InChI=1S/C18H16OS/c1-12-7-10-17(13(2)11-12)20-18-15-6-4-3-5-14(15)8-9-16(18)19/h3-11,19H,1-2H3. The van der Waals surface area contributed by atoms with E-state index >= 15 is 0 Å². The van der Waals surface area contributed by atoms with Crippen molar-refractivity contribution in [3.05, 3.63) is 65.7 Å². The minimum atomic E-state index is 0.341. The third kappa shape index (κ3) is 2.39. The summed E-state index contributed by atoms with van der Waals surface area (Å²) in [5.41, 5.74) is 2.50. The van der Waals surface area contributed by atoms with Crippen molar-refractivity contribution in [3.8, 4) is 5.75 Å². The topological polar surface area (TPSA) is 20.2 Å². The van der Waals surface area contributed by atoms with Crippen LogP contribution in [0.2, 0.25) is 0 Å². The van der Waals surface area contributed by atoms with Crippen molar-refractivity contribution >= 4 is 22.5 Å². The molecule has 0 saturated carbocycles. The molecule has 3 rings (SSSR count). The van der Waals surface area contributed by atoms with E-state index < -0.39 is 0 Å². The van der Waals surface area contributed by atoms with Crippen LogP contribution in [0.5, 0.6) is 5.75 Å². The molecule has 0 aliphatic heterocycles. The number of hydrogen-bond donors (Lipinski definition) is 1. The minimum absolute atomic E-state index is 0.341. The van der Waals surface area contributed by atoms with Gasteiger partial charge >= 0.3 is 0 Å². The van der Waals surface area contributed by atoms with E-state index in [1.165, 1.54) is 16.0 Å². The van der Waals surface area contributed by atoms with Crippen LogP contribution in [0.25, 0.3) is 10.8 Å². The van der Waals surface area contributed by atoms with Crippen molar-refractivity contribution in [1.29, 1.82) is 0 Å². The summed E-state index contributed by atoms with van der Waals surface area (Å²) in [6, 6.07) is 18.3. The summed E-state index contributed by atoms with van der Waals surface area (Å²) in [5, 5.41) is 12.4. The molecule has 0 amide bonds. The van der Waals surface area contributed by atoms with E-state index in [0.717, 1.165) is 15.7 Å². The van der Waals surface area contributed by atoms with Crippen LogP contribution in [0.3, 0.4) is 0 Å². The Morgan fingerprint density at radius 2 is 1.70 bits per heavy atom. The summed E-state index contributed by atoms with van der Waals surface area (Å²) >= 11 is 1.63. The summed E-state index contributed by atoms with van der Waals surface area (Å²) in [7, 11) is 0. The van der Waals surface area contributed by atoms with Gasteiger partial charge in [-0.05, 0) is 42.3 Å². The van der Waals surface area contributed by atoms with Crippen LogP contribution in [-0.4, -0.2) is 5.11 Å². The molecule has 0 bridgehead atoms. The summed E-state index contributed by atoms with van der Waals surface area (Å²) in [6.45, 7) is 4.20. The van der Waals surface area contributed by atoms with Gasteiger partial charge in [0, 0.05) is 4.90 Å². The second-order valence-corrected chi connectivity index (χ2v) is 6.06. The maximum absolute atomic E-state index is 10.2. The van der Waals surface area contributed by atoms with E-state index in [-0.39, 0.29) is 0 Å². The van der Waals surface area contributed by atoms with Crippen LogP contribution in [0.15, 0.2) is 64.4 Å². The Morgan fingerprint density at radius 1 is 0.900 bits per heavy atom. The Kier molecular flexibility index (Phi) is 3.41. The van der Waals surface area contributed by atoms with Gasteiger partial charge in [0.1, 0.15) is 5.75 Å². The average Bonchev–Trinajstić information content (AvgIpc) is 2.44. The third-order valence-corrected chi connectivity index (χ3v) is 4.71. The summed E-state index contributed by atoms with van der Waals surface area (Å²) < 4.78 is 0. The molecule has 100 valence electrons. The van der Waals surface area contributed by atoms with E-state index in [1.54, 1.807) is 17.8 Å². The van der Waals surface area contributed by atoms with E-state index in [0.29, 0.717) is 5.75 Å². The highest BCUT2D eigenvalue weighted by Crippen LogP contribution is 2.40. The van der Waals surface area contributed by atoms with Gasteiger partial charge in [-0.2, -0.15) is 0 Å². The van der Waals surface area contributed by atoms with Gasteiger partial charge in [-0.3, -0.25) is 0 Å². The van der Waals surface area contributed by atoms with Crippen LogP contribution in [0.1, 0.15) is 11.1 Å². The Balaban J connectivity index is 2.12. The van der Waals surface area contributed by atoms with E-state index in [4.69, 9.17) is 0 Å². The predicted octanol–water partition coefficient (Wildman–Crippen LogP) is 5.31. The Morgan fingerprint density at radius 3 is 2.50 bits per heavy atom. The molecule has 0 aromatic heterocycles. The summed E-state index contributed by atoms with van der Waals surface area (Å²) in [5.74, 6) is 0.341. The van der Waals surface area contributed by atoms with Crippen LogP contribution in [-0.2, 0) is 0 Å². The molecule has 0 heterocycles. The molecule has 1 nitrogen and oxygen atoms in total. The van der Waals surface area contributed by atoms with Gasteiger partial charge in [0.05, 0.1) is 4.90 Å². The zero-order valence-corrected chi connectivity index (χ0v) is 12.4. The zero-order chi connectivity index (χ0) is 14.1. The molecule has 3 aromatic carbocycles. The highest BCUT2D eigenvalue weighted by atomic mass is 32.2. The fraction of sp³-hybridized carbons (Fsp3) is 0.111. The Bertz CT molecular complexity index is 777. The lowest BCUT2D eigenvalue weighted by atomic mass is 10.1. The SMILES string of the molecule is Cc1ccc(Sc2c(O)ccc3ccccc23)c(C)c1. The molecule has 0 atom stereocenters. The molecular weight excluding hydrogens is 264 g/mol. The van der Waals surface area contributed by atoms with Crippen molar-refractivity contribution in [2.75, 3.05) is 0 Å². The van der Waals surface area contributed by atoms with E-state index in [2.05, 4.69) is 44.2 Å². The number of aryl methyl sites for hydroxylation is 2. The van der Waals surface area contributed by atoms with Gasteiger partial charge in [0.25, 0.3) is 0 Å². The fourth-order valence-corrected chi connectivity index (χ4v) is 3.41. The smallest absolute Gasteiger partial charge is 0.130 e. The van der Waals surface area contributed by atoms with Crippen molar-refractivity contribution in [1.82, 2.24) is 0 Å². The van der Waals surface area contributed by atoms with Gasteiger partial charge in [0.15, 0.2) is 0 Å². The first-order chi connectivity index (χ1) is 9.65. The molecule has 0 aliphatic carbocycles. The number of fused-ring (bicyclic) bond motifs is 1. The molecule has 0 saturated heterocycles. The van der Waals surface area contributed by atoms with Crippen LogP contribution in [0, 0.1) is 13.8 Å². The molecule has 1 N–H and O–H groups in total. The van der Waals surface area contributed by atoms with E-state index in [9.17, 15) is 5.11 Å². The Hall–Kier alpha value is -1.93. The second kappa shape index (κ2) is 5.22. The van der Waals surface area contributed by atoms with Gasteiger partial charge in [0.2, 0.25) is 0 Å². The normalized spacial score (nSPS) is 10.9. The lowest BCUT2D eigenvalue weighted by Crippen LogP contribution is -1.84. The van der Waals surface area contributed by atoms with Gasteiger partial charge in [-0.15, -0.1) is 0 Å². The first kappa shape index (κ1) is 13.1. The number of benzene rings is 3. The molecule has 0 fully saturated rings. The van der Waals surface area contributed by atoms with Gasteiger partial charge in [-0.1, -0.05) is 59.8 Å². The highest BCUT2D eigenvalue weighted by molar-refractivity contribution is 7.99. The van der Waals surface area contributed by atoms with Gasteiger partial charge in [-0.25, -0.2) is 0 Å². The number of hydrogen-bond acceptors (Lipinski definition) is 2. The number of phenolic OH excluding ortho intramolecular Hbond substituents is 1. The highest BCUT2D eigenvalue weighted by Gasteiger charge is 2.10. The average molecular weight is 280 g/mol. The molecule has 2 heteroatoms. The van der Waals surface area contributed by atoms with Crippen molar-refractivity contribution in [2.24, 2.45) is 0 Å². The van der Waals surface area contributed by atoms with Crippen molar-refractivity contribution in [2.45, 2.75) is 23.6 Å². The molecule has 0 aliphatic rings. The molecule has 0 unspecified atom stereocenters. The minimum Gasteiger partial charge on any atom is -0.507 e. The van der Waals surface area contributed by atoms with Crippen LogP contribution >= 0.6 is 11.8 Å². The lowest BCUT2D eigenvalue weighted by molar-refractivity contribution is 0.464. The van der Waals surface area contributed by atoms with Gasteiger partial charge < -0.3 is 5.11 Å². The molecule has 3 aromatic rings. The number of rotatable bonds is 2. The lowest BCUT2D eigenvalue weighted by Gasteiger charge is -2.11. The monoisotopic (exact) mass is 280 g/mol. The predicted molar refractivity (Wildman–Crippen MR) is 85.7 cm³/mol. The van der Waals surface area contributed by atoms with Crippen LogP contribution < -0.4 is 0 Å². The Labute approximate surface area is 123 Å². The van der Waals surface area contributed by atoms with Crippen molar-refractivity contribution < 1.29 is 5.11 Å². The quantitative estimate of drug-likeness (QED) is 0.686. The van der Waals surface area contributed by atoms with Crippen molar-refractivity contribution in [3.63, 3.8) is 0 Å². The number of aromatic hydroxyl groups is 1. The molecule has 0 spiro atoms. The second-order valence-electron chi connectivity index (χ2n) is 5.01. The largest absolute Gasteiger partial charge is 0.507 e. The number of phenols is 1. The molecule has 0 radical (unpaired) electrons. The maximum Gasteiger partial charge on any atom is 0.130 e. The molecular formula is C18H16OS.